The van der Waals surface area contributed by atoms with E-state index in [4.69, 9.17) is 15.2 Å². The van der Waals surface area contributed by atoms with Crippen molar-refractivity contribution in [2.24, 2.45) is 5.73 Å². The van der Waals surface area contributed by atoms with Crippen LogP contribution >= 0.6 is 0 Å². The van der Waals surface area contributed by atoms with E-state index in [0.717, 1.165) is 18.9 Å². The van der Waals surface area contributed by atoms with Crippen LogP contribution in [0.4, 0.5) is 13.2 Å². The summed E-state index contributed by atoms with van der Waals surface area (Å²) in [5.74, 6) is -0.643. The Morgan fingerprint density at radius 1 is 1.31 bits per heavy atom. The summed E-state index contributed by atoms with van der Waals surface area (Å²) in [5.41, 5.74) is 1.73. The molecule has 1 aromatic heterocycles. The Bertz CT molecular complexity index is 965. The summed E-state index contributed by atoms with van der Waals surface area (Å²) in [6.07, 6.45) is -3.06. The van der Waals surface area contributed by atoms with Crippen LogP contribution in [0, 0.1) is 0 Å². The maximum absolute atomic E-state index is 13.4. The topological polar surface area (TPSA) is 94.4 Å². The molecule has 0 radical (unpaired) electrons. The van der Waals surface area contributed by atoms with Gasteiger partial charge in [-0.05, 0) is 50.5 Å². The van der Waals surface area contributed by atoms with Crippen LogP contribution in [0.25, 0.3) is 11.1 Å². The number of aromatic amines is 1. The number of carbonyl (C=O) groups excluding carboxylic acids is 1. The second kappa shape index (κ2) is 7.55. The molecule has 3 rings (SSSR count). The van der Waals surface area contributed by atoms with Crippen molar-refractivity contribution in [2.75, 3.05) is 6.61 Å². The van der Waals surface area contributed by atoms with Crippen molar-refractivity contribution in [3.05, 3.63) is 51.9 Å². The fourth-order valence-corrected chi connectivity index (χ4v) is 3.28. The normalized spacial score (nSPS) is 18.6. The largest absolute Gasteiger partial charge is 0.491 e. The molecule has 6 nitrogen and oxygen atoms in total. The van der Waals surface area contributed by atoms with E-state index in [1.54, 1.807) is 4.98 Å². The summed E-state index contributed by atoms with van der Waals surface area (Å²) in [6.45, 7) is 4.34. The maximum Gasteiger partial charge on any atom is 0.431 e. The van der Waals surface area contributed by atoms with Gasteiger partial charge in [0, 0.05) is 5.56 Å². The first-order valence-corrected chi connectivity index (χ1v) is 9.02. The number of H-pyrrole nitrogens is 1. The monoisotopic (exact) mass is 410 g/mol. The third kappa shape index (κ3) is 4.79. The fourth-order valence-electron chi connectivity index (χ4n) is 3.28. The van der Waals surface area contributed by atoms with E-state index in [-0.39, 0.29) is 22.8 Å². The van der Waals surface area contributed by atoms with Gasteiger partial charge in [-0.25, -0.2) is 0 Å². The minimum Gasteiger partial charge on any atom is -0.491 e. The first-order chi connectivity index (χ1) is 13.5. The molecule has 0 saturated carbocycles. The molecule has 1 atom stereocenters. The molecule has 29 heavy (non-hydrogen) atoms. The number of primary amides is 1. The van der Waals surface area contributed by atoms with Crippen molar-refractivity contribution >= 4 is 5.91 Å². The second-order valence-corrected chi connectivity index (χ2v) is 7.54. The smallest absolute Gasteiger partial charge is 0.431 e. The third-order valence-electron chi connectivity index (χ3n) is 4.75. The van der Waals surface area contributed by atoms with Gasteiger partial charge in [0.05, 0.1) is 11.7 Å². The molecule has 1 saturated heterocycles. The molecule has 1 fully saturated rings. The van der Waals surface area contributed by atoms with Crippen LogP contribution in [-0.2, 0) is 10.9 Å². The first-order valence-electron chi connectivity index (χ1n) is 9.02. The van der Waals surface area contributed by atoms with Crippen molar-refractivity contribution < 1.29 is 27.4 Å². The van der Waals surface area contributed by atoms with E-state index >= 15 is 0 Å². The van der Waals surface area contributed by atoms with Crippen LogP contribution in [-0.4, -0.2) is 29.2 Å². The van der Waals surface area contributed by atoms with Gasteiger partial charge in [0.1, 0.15) is 23.6 Å². The Morgan fingerprint density at radius 2 is 1.97 bits per heavy atom. The number of nitrogens with one attached hydrogen (secondary N) is 1. The van der Waals surface area contributed by atoms with E-state index in [0.29, 0.717) is 12.4 Å². The standard InChI is InChI=1S/C20H21F3N2O4/c1-19(2)8-7-13(29-19)10-28-12-5-3-11(4-6-12)14-9-15(17(24)26)18(27)25-16(14)20(21,22)23/h3-6,9,13H,7-8,10H2,1-2H3,(H2,24,26)(H,25,27). The van der Waals surface area contributed by atoms with Crippen LogP contribution in [0.3, 0.4) is 0 Å². The number of aromatic nitrogens is 1. The summed E-state index contributed by atoms with van der Waals surface area (Å²) in [5, 5.41) is 0. The highest BCUT2D eigenvalue weighted by Crippen LogP contribution is 2.36. The third-order valence-corrected chi connectivity index (χ3v) is 4.75. The van der Waals surface area contributed by atoms with Gasteiger partial charge >= 0.3 is 6.18 Å². The molecule has 1 aliphatic heterocycles. The lowest BCUT2D eigenvalue weighted by molar-refractivity contribution is -0.140. The number of hydrogen-bond acceptors (Lipinski definition) is 4. The summed E-state index contributed by atoms with van der Waals surface area (Å²) < 4.78 is 51.6. The molecular formula is C20H21F3N2O4. The van der Waals surface area contributed by atoms with E-state index in [9.17, 15) is 22.8 Å². The molecule has 2 heterocycles. The molecular weight excluding hydrogens is 389 g/mol. The molecule has 9 heteroatoms. The second-order valence-electron chi connectivity index (χ2n) is 7.54. The van der Waals surface area contributed by atoms with Gasteiger partial charge in [-0.15, -0.1) is 0 Å². The highest BCUT2D eigenvalue weighted by atomic mass is 19.4. The highest BCUT2D eigenvalue weighted by molar-refractivity contribution is 5.93. The zero-order valence-electron chi connectivity index (χ0n) is 15.9. The number of carbonyl (C=O) groups is 1. The van der Waals surface area contributed by atoms with Crippen molar-refractivity contribution in [3.8, 4) is 16.9 Å². The molecule has 2 aromatic rings. The zero-order chi connectivity index (χ0) is 21.4. The van der Waals surface area contributed by atoms with Crippen molar-refractivity contribution in [3.63, 3.8) is 0 Å². The molecule has 0 bridgehead atoms. The predicted octanol–water partition coefficient (Wildman–Crippen LogP) is 3.50. The molecule has 1 amide bonds. The van der Waals surface area contributed by atoms with E-state index < -0.39 is 28.9 Å². The number of alkyl halides is 3. The lowest BCUT2D eigenvalue weighted by atomic mass is 10.0. The van der Waals surface area contributed by atoms with Gasteiger partial charge in [-0.2, -0.15) is 13.2 Å². The number of nitrogens with two attached hydrogens (primary N) is 1. The van der Waals surface area contributed by atoms with Gasteiger partial charge in [0.25, 0.3) is 11.5 Å². The lowest BCUT2D eigenvalue weighted by Gasteiger charge is -2.19. The first kappa shape index (κ1) is 20.9. The zero-order valence-corrected chi connectivity index (χ0v) is 15.9. The molecule has 0 aliphatic carbocycles. The van der Waals surface area contributed by atoms with Crippen molar-refractivity contribution in [1.29, 1.82) is 0 Å². The van der Waals surface area contributed by atoms with Gasteiger partial charge in [-0.3, -0.25) is 9.59 Å². The van der Waals surface area contributed by atoms with Crippen LogP contribution in [0.2, 0.25) is 0 Å². The molecule has 1 unspecified atom stereocenters. The number of benzene rings is 1. The van der Waals surface area contributed by atoms with Crippen molar-refractivity contribution in [1.82, 2.24) is 4.98 Å². The lowest BCUT2D eigenvalue weighted by Crippen LogP contribution is -2.27. The van der Waals surface area contributed by atoms with Gasteiger partial charge in [-0.1, -0.05) is 12.1 Å². The average molecular weight is 410 g/mol. The minimum atomic E-state index is -4.81. The summed E-state index contributed by atoms with van der Waals surface area (Å²) in [4.78, 5) is 24.8. The summed E-state index contributed by atoms with van der Waals surface area (Å²) in [7, 11) is 0. The number of halogens is 3. The molecule has 1 aromatic carbocycles. The van der Waals surface area contributed by atoms with Crippen LogP contribution in [0.15, 0.2) is 35.1 Å². The number of pyridine rings is 1. The van der Waals surface area contributed by atoms with Gasteiger partial charge in [0.15, 0.2) is 0 Å². The van der Waals surface area contributed by atoms with E-state index in [2.05, 4.69) is 0 Å². The van der Waals surface area contributed by atoms with Crippen LogP contribution < -0.4 is 16.0 Å². The molecule has 3 N–H and O–H groups in total. The van der Waals surface area contributed by atoms with Gasteiger partial charge in [0.2, 0.25) is 0 Å². The van der Waals surface area contributed by atoms with E-state index in [1.165, 1.54) is 24.3 Å². The number of rotatable bonds is 5. The molecule has 1 aliphatic rings. The average Bonchev–Trinajstić information content (AvgIpc) is 2.98. The van der Waals surface area contributed by atoms with Gasteiger partial charge < -0.3 is 20.2 Å². The maximum atomic E-state index is 13.4. The highest BCUT2D eigenvalue weighted by Gasteiger charge is 2.36. The SMILES string of the molecule is CC1(C)CCC(COc2ccc(-c3cc(C(N)=O)c(=O)[nH]c3C(F)(F)F)cc2)O1. The van der Waals surface area contributed by atoms with Crippen LogP contribution in [0.1, 0.15) is 42.7 Å². The number of amides is 1. The Labute approximate surface area is 164 Å². The summed E-state index contributed by atoms with van der Waals surface area (Å²) >= 11 is 0. The molecule has 0 spiro atoms. The fraction of sp³-hybridized carbons (Fsp3) is 0.400. The number of ether oxygens (including phenoxy) is 2. The van der Waals surface area contributed by atoms with E-state index in [1.807, 2.05) is 13.8 Å². The number of hydrogen-bond donors (Lipinski definition) is 2. The summed E-state index contributed by atoms with van der Waals surface area (Å²) in [6, 6.07) is 6.73. The quantitative estimate of drug-likeness (QED) is 0.789. The Balaban J connectivity index is 1.84. The Hall–Kier alpha value is -2.81. The van der Waals surface area contributed by atoms with Crippen LogP contribution in [0.5, 0.6) is 5.75 Å². The minimum absolute atomic E-state index is 0.0427. The molecule has 156 valence electrons. The Morgan fingerprint density at radius 3 is 2.48 bits per heavy atom. The Kier molecular flexibility index (Phi) is 5.44. The predicted molar refractivity (Wildman–Crippen MR) is 99.7 cm³/mol. The van der Waals surface area contributed by atoms with Crippen molar-refractivity contribution in [2.45, 2.75) is 44.6 Å².